The van der Waals surface area contributed by atoms with E-state index in [1.54, 1.807) is 24.3 Å². The average molecular weight is 751 g/mol. The number of benzene rings is 2. The molecule has 0 bridgehead atoms. The number of carbonyl (C=O) groups is 3. The number of amides is 1. The Morgan fingerprint density at radius 3 is 2.21 bits per heavy atom. The minimum absolute atomic E-state index is 0.0494. The number of pyridine rings is 1. The molecule has 1 amide bonds. The summed E-state index contributed by atoms with van der Waals surface area (Å²) in [4.78, 5) is 38.2. The first kappa shape index (κ1) is 33.5. The van der Waals surface area contributed by atoms with Gasteiger partial charge in [0.05, 0.1) is 0 Å². The van der Waals surface area contributed by atoms with E-state index in [4.69, 9.17) is 46.4 Å². The van der Waals surface area contributed by atoms with E-state index >= 15 is 0 Å². The van der Waals surface area contributed by atoms with Gasteiger partial charge in [0.25, 0.3) is 0 Å². The second kappa shape index (κ2) is 13.3. The molecule has 2 N–H and O–H groups in total. The summed E-state index contributed by atoms with van der Waals surface area (Å²) >= 11 is 22.7. The molecular formula is C27H24AsCl4N3O7S. The number of carboxylic acids is 1. The third-order valence-corrected chi connectivity index (χ3v) is 12.2. The molecule has 1 fully saturated rings. The molecule has 43 heavy (non-hydrogen) atoms. The molecule has 0 spiro atoms. The van der Waals surface area contributed by atoms with Gasteiger partial charge in [0, 0.05) is 10.0 Å². The predicted octanol–water partition coefficient (Wildman–Crippen LogP) is 3.19. The summed E-state index contributed by atoms with van der Waals surface area (Å²) in [5.74, 6) is -2.05. The maximum atomic E-state index is 13.5. The average Bonchev–Trinajstić information content (AvgIpc) is 3.31. The Labute approximate surface area is 274 Å². The van der Waals surface area contributed by atoms with Crippen LogP contribution in [0.4, 0.5) is 0 Å². The number of aromatic nitrogens is 1. The quantitative estimate of drug-likeness (QED) is 0.184. The van der Waals surface area contributed by atoms with Crippen molar-refractivity contribution in [3.8, 4) is 0 Å². The van der Waals surface area contributed by atoms with Crippen LogP contribution in [0.1, 0.15) is 35.7 Å². The van der Waals surface area contributed by atoms with Crippen LogP contribution in [0.3, 0.4) is 0 Å². The fraction of sp³-hybridized carbons (Fsp3) is 0.259. The van der Waals surface area contributed by atoms with Gasteiger partial charge in [0.15, 0.2) is 0 Å². The van der Waals surface area contributed by atoms with Gasteiger partial charge in [-0.3, -0.25) is 0 Å². The molecule has 0 saturated carbocycles. The van der Waals surface area contributed by atoms with Crippen molar-refractivity contribution in [2.45, 2.75) is 42.7 Å². The summed E-state index contributed by atoms with van der Waals surface area (Å²) in [5.41, 5.74) is -0.918. The van der Waals surface area contributed by atoms with Crippen molar-refractivity contribution >= 4 is 93.0 Å². The Morgan fingerprint density at radius 2 is 1.65 bits per heavy atom. The third kappa shape index (κ3) is 7.48. The minimum Gasteiger partial charge on any atom is -0.0842 e. The number of carboxylic acid groups (broad SMARTS) is 1. The minimum atomic E-state index is -4.19. The monoisotopic (exact) mass is 749 g/mol. The molecule has 2 aromatic carbocycles. The summed E-state index contributed by atoms with van der Waals surface area (Å²) in [6.45, 7) is 1.50. The maximum absolute atomic E-state index is 13.5. The molecule has 0 aliphatic carbocycles. The van der Waals surface area contributed by atoms with Gasteiger partial charge in [0.2, 0.25) is 0 Å². The molecule has 3 aromatic rings. The van der Waals surface area contributed by atoms with E-state index in [2.05, 4.69) is 5.32 Å². The molecule has 228 valence electrons. The van der Waals surface area contributed by atoms with Gasteiger partial charge in [-0.15, -0.1) is 0 Å². The summed E-state index contributed by atoms with van der Waals surface area (Å²) in [5, 5.41) is 24.0. The van der Waals surface area contributed by atoms with Crippen LogP contribution < -0.4 is 14.4 Å². The van der Waals surface area contributed by atoms with Crippen LogP contribution in [0.25, 0.3) is 0 Å². The molecule has 0 radical (unpaired) electrons. The van der Waals surface area contributed by atoms with Crippen molar-refractivity contribution in [1.29, 1.82) is 0 Å². The Balaban J connectivity index is 1.47. The Morgan fingerprint density at radius 1 is 1.07 bits per heavy atom. The standard InChI is InChI=1S/C27H24AsCl4N3O7S/c1-27(7-2-8-35(27)43(41,42)19-11-17(29)10-18(30)12-19)26(39)33-22(25(37)38)9-15-3-5-16(6-4-15)28-24(36)23-20(31)13-34(40)14-21(23)32/h3-6,10-14,22,28H,2,7-9H2,1H3,(H,33,39)(H,37,38)/t22-,27+/m0/s1. The van der Waals surface area contributed by atoms with Crippen molar-refractivity contribution in [3.05, 3.63) is 91.3 Å². The molecule has 4 rings (SSSR count). The van der Waals surface area contributed by atoms with E-state index in [0.29, 0.717) is 21.1 Å². The van der Waals surface area contributed by atoms with Gasteiger partial charge in [-0.1, -0.05) is 23.2 Å². The zero-order valence-electron chi connectivity index (χ0n) is 22.3. The van der Waals surface area contributed by atoms with Gasteiger partial charge < -0.3 is 0 Å². The van der Waals surface area contributed by atoms with Crippen molar-refractivity contribution in [2.24, 2.45) is 0 Å². The van der Waals surface area contributed by atoms with E-state index in [1.807, 2.05) is 0 Å². The number of carbonyl (C=O) groups excluding carboxylic acids is 2. The Hall–Kier alpha value is -2.37. The smallest absolute Gasteiger partial charge is 0.0842 e. The second-order valence-electron chi connectivity index (χ2n) is 9.97. The topological polar surface area (TPSA) is 148 Å². The number of nitrogens with one attached hydrogen (secondary N) is 1. The molecule has 16 heteroatoms. The zero-order chi connectivity index (χ0) is 31.7. The normalized spacial score (nSPS) is 18.2. The Kier molecular flexibility index (Phi) is 10.4. The van der Waals surface area contributed by atoms with Gasteiger partial charge in [0.1, 0.15) is 0 Å². The predicted molar refractivity (Wildman–Crippen MR) is 164 cm³/mol. The van der Waals surface area contributed by atoms with E-state index < -0.39 is 49.2 Å². The summed E-state index contributed by atoms with van der Waals surface area (Å²) < 4.78 is 28.8. The van der Waals surface area contributed by atoms with Gasteiger partial charge >= 0.3 is 224 Å². The third-order valence-electron chi connectivity index (χ3n) is 6.93. The van der Waals surface area contributed by atoms with Gasteiger partial charge in [-0.25, -0.2) is 0 Å². The van der Waals surface area contributed by atoms with Crippen LogP contribution in [-0.2, 0) is 26.0 Å². The molecule has 2 heterocycles. The van der Waals surface area contributed by atoms with Crippen molar-refractivity contribution < 1.29 is 32.6 Å². The molecule has 1 aliphatic heterocycles. The molecule has 1 aliphatic rings. The molecular weight excluding hydrogens is 727 g/mol. The van der Waals surface area contributed by atoms with E-state index in [-0.39, 0.29) is 54.5 Å². The number of hydrogen-bond donors (Lipinski definition) is 2. The van der Waals surface area contributed by atoms with Crippen LogP contribution in [0.2, 0.25) is 20.1 Å². The second-order valence-corrected chi connectivity index (χ2v) is 16.2. The van der Waals surface area contributed by atoms with Crippen LogP contribution in [-0.4, -0.2) is 68.2 Å². The van der Waals surface area contributed by atoms with E-state index in [9.17, 15) is 33.1 Å². The SMILES string of the molecule is C[C@]1(C(=O)N[C@@H](Cc2ccc([AsH]C(=O)c3c(Cl)c[n+]([O-])cc3Cl)cc2)C(=O)O)CCCN1S(=O)(=O)c1cc(Cl)cc(Cl)c1. The number of rotatable bonds is 10. The van der Waals surface area contributed by atoms with Gasteiger partial charge in [-0.05, 0) is 18.2 Å². The number of hydrogen-bond acceptors (Lipinski definition) is 6. The first-order valence-electron chi connectivity index (χ1n) is 12.6. The van der Waals surface area contributed by atoms with E-state index in [0.717, 1.165) is 16.7 Å². The van der Waals surface area contributed by atoms with Crippen molar-refractivity contribution in [1.82, 2.24) is 9.62 Å². The fourth-order valence-electron chi connectivity index (χ4n) is 4.74. The van der Waals surface area contributed by atoms with Gasteiger partial charge in [-0.2, -0.15) is 0 Å². The zero-order valence-corrected chi connectivity index (χ0v) is 28.3. The molecule has 1 unspecified atom stereocenters. The number of halogens is 4. The molecule has 1 aromatic heterocycles. The van der Waals surface area contributed by atoms with Crippen LogP contribution >= 0.6 is 46.4 Å². The summed E-state index contributed by atoms with van der Waals surface area (Å²) in [6, 6.07) is 9.15. The van der Waals surface area contributed by atoms with Crippen molar-refractivity contribution in [2.75, 3.05) is 6.54 Å². The first-order valence-corrected chi connectivity index (χ1v) is 17.7. The summed E-state index contributed by atoms with van der Waals surface area (Å²) in [6.07, 6.45) is 2.56. The van der Waals surface area contributed by atoms with Crippen LogP contribution in [0.5, 0.6) is 0 Å². The summed E-state index contributed by atoms with van der Waals surface area (Å²) in [7, 11) is -4.19. The van der Waals surface area contributed by atoms with Crippen LogP contribution in [0, 0.1) is 5.21 Å². The molecule has 10 nitrogen and oxygen atoms in total. The van der Waals surface area contributed by atoms with E-state index in [1.165, 1.54) is 25.1 Å². The number of aliphatic carboxylic acids is 1. The van der Waals surface area contributed by atoms with Crippen molar-refractivity contribution in [3.63, 3.8) is 0 Å². The number of nitrogens with zero attached hydrogens (tertiary/aromatic N) is 2. The van der Waals surface area contributed by atoms with Crippen LogP contribution in [0.15, 0.2) is 59.8 Å². The molecule has 1 saturated heterocycles. The number of sulfonamides is 1. The first-order chi connectivity index (χ1) is 20.1. The molecule has 3 atom stereocenters. The Bertz CT molecular complexity index is 1670. The fourth-order valence-corrected chi connectivity index (χ4v) is 10.3.